The lowest BCUT2D eigenvalue weighted by molar-refractivity contribution is 0.0320. The van der Waals surface area contributed by atoms with Gasteiger partial charge >= 0.3 is 0 Å². The van der Waals surface area contributed by atoms with Crippen LogP contribution in [0.1, 0.15) is 25.3 Å². The summed E-state index contributed by atoms with van der Waals surface area (Å²) < 4.78 is 5.84. The van der Waals surface area contributed by atoms with Crippen LogP contribution in [0.25, 0.3) is 0 Å². The zero-order valence-electron chi connectivity index (χ0n) is 10.3. The Morgan fingerprint density at radius 3 is 2.83 bits per heavy atom. The molecule has 1 saturated heterocycles. The maximum atomic E-state index is 6.19. The van der Waals surface area contributed by atoms with Crippen LogP contribution in [0.4, 0.5) is 0 Å². The molecule has 1 aromatic rings. The quantitative estimate of drug-likeness (QED) is 0.662. The van der Waals surface area contributed by atoms with Crippen molar-refractivity contribution in [2.24, 2.45) is 5.84 Å². The average Bonchev–Trinajstić information content (AvgIpc) is 2.78. The molecule has 0 spiro atoms. The highest BCUT2D eigenvalue weighted by molar-refractivity contribution is 6.42. The lowest BCUT2D eigenvalue weighted by Crippen LogP contribution is -2.45. The normalized spacial score (nSPS) is 25.3. The number of nitrogens with one attached hydrogen (secondary N) is 1. The van der Waals surface area contributed by atoms with Crippen LogP contribution in [0.5, 0.6) is 0 Å². The Kier molecular flexibility index (Phi) is 4.87. The Labute approximate surface area is 118 Å². The number of hydrogen-bond donors (Lipinski definition) is 2. The topological polar surface area (TPSA) is 47.3 Å². The number of rotatable bonds is 4. The molecule has 100 valence electrons. The molecule has 1 aliphatic rings. The van der Waals surface area contributed by atoms with Crippen LogP contribution >= 0.6 is 23.2 Å². The molecule has 1 aliphatic heterocycles. The highest BCUT2D eigenvalue weighted by atomic mass is 35.5. The molecule has 0 aliphatic carbocycles. The number of halogens is 2. The van der Waals surface area contributed by atoms with Gasteiger partial charge in [-0.3, -0.25) is 11.3 Å². The van der Waals surface area contributed by atoms with Crippen molar-refractivity contribution in [3.8, 4) is 0 Å². The molecule has 2 rings (SSSR count). The first-order valence-corrected chi connectivity index (χ1v) is 6.92. The largest absolute Gasteiger partial charge is 0.374 e. The van der Waals surface area contributed by atoms with E-state index in [0.29, 0.717) is 22.6 Å². The van der Waals surface area contributed by atoms with Gasteiger partial charge in [0.05, 0.1) is 28.3 Å². The fourth-order valence-electron chi connectivity index (χ4n) is 2.37. The van der Waals surface area contributed by atoms with Crippen molar-refractivity contribution in [2.45, 2.75) is 44.4 Å². The summed E-state index contributed by atoms with van der Waals surface area (Å²) in [4.78, 5) is 0. The van der Waals surface area contributed by atoms with E-state index >= 15 is 0 Å². The first-order valence-electron chi connectivity index (χ1n) is 6.16. The Morgan fingerprint density at radius 1 is 1.44 bits per heavy atom. The second kappa shape index (κ2) is 6.22. The standard InChI is InChI=1S/C13H18Cl2N2O/c1-8-5-6-12(18-8)11(17-16)7-9-3-2-4-10(14)13(9)15/h2-4,8,11-12,17H,5-7,16H2,1H3. The van der Waals surface area contributed by atoms with Crippen molar-refractivity contribution in [2.75, 3.05) is 0 Å². The van der Waals surface area contributed by atoms with Gasteiger partial charge in [-0.1, -0.05) is 35.3 Å². The molecule has 18 heavy (non-hydrogen) atoms. The van der Waals surface area contributed by atoms with Gasteiger partial charge in [-0.05, 0) is 37.8 Å². The van der Waals surface area contributed by atoms with Gasteiger partial charge in [-0.25, -0.2) is 0 Å². The van der Waals surface area contributed by atoms with E-state index in [4.69, 9.17) is 33.8 Å². The second-order valence-corrected chi connectivity index (χ2v) is 5.54. The van der Waals surface area contributed by atoms with Gasteiger partial charge in [0.25, 0.3) is 0 Å². The van der Waals surface area contributed by atoms with Gasteiger partial charge in [0.15, 0.2) is 0 Å². The van der Waals surface area contributed by atoms with Gasteiger partial charge < -0.3 is 4.74 Å². The molecule has 5 heteroatoms. The predicted octanol–water partition coefficient (Wildman–Crippen LogP) is 2.94. The summed E-state index contributed by atoms with van der Waals surface area (Å²) in [5.74, 6) is 5.63. The first-order chi connectivity index (χ1) is 8.61. The Morgan fingerprint density at radius 2 is 2.22 bits per heavy atom. The average molecular weight is 289 g/mol. The Bertz CT molecular complexity index is 414. The SMILES string of the molecule is CC1CCC(C(Cc2cccc(Cl)c2Cl)NN)O1. The molecule has 3 N–H and O–H groups in total. The molecule has 1 heterocycles. The smallest absolute Gasteiger partial charge is 0.0749 e. The van der Waals surface area contributed by atoms with Crippen molar-refractivity contribution in [3.05, 3.63) is 33.8 Å². The van der Waals surface area contributed by atoms with Crippen molar-refractivity contribution in [3.63, 3.8) is 0 Å². The van der Waals surface area contributed by atoms with Gasteiger partial charge in [0.1, 0.15) is 0 Å². The van der Waals surface area contributed by atoms with Crippen LogP contribution < -0.4 is 11.3 Å². The molecular formula is C13H18Cl2N2O. The van der Waals surface area contributed by atoms with E-state index in [1.807, 2.05) is 12.1 Å². The molecule has 0 saturated carbocycles. The van der Waals surface area contributed by atoms with E-state index in [-0.39, 0.29) is 12.1 Å². The summed E-state index contributed by atoms with van der Waals surface area (Å²) in [6.07, 6.45) is 3.26. The molecule has 0 amide bonds. The van der Waals surface area contributed by atoms with Gasteiger partial charge in [0, 0.05) is 0 Å². The van der Waals surface area contributed by atoms with E-state index in [1.165, 1.54) is 0 Å². The molecular weight excluding hydrogens is 271 g/mol. The number of ether oxygens (including phenoxy) is 1. The minimum absolute atomic E-state index is 0.0610. The van der Waals surface area contributed by atoms with Crippen LogP contribution in [0.15, 0.2) is 18.2 Å². The molecule has 0 bridgehead atoms. The lowest BCUT2D eigenvalue weighted by atomic mass is 10.00. The summed E-state index contributed by atoms with van der Waals surface area (Å²) in [6, 6.07) is 5.71. The highest BCUT2D eigenvalue weighted by Gasteiger charge is 2.29. The van der Waals surface area contributed by atoms with Crippen LogP contribution in [0.3, 0.4) is 0 Å². The monoisotopic (exact) mass is 288 g/mol. The maximum Gasteiger partial charge on any atom is 0.0749 e. The van der Waals surface area contributed by atoms with E-state index in [1.54, 1.807) is 6.07 Å². The van der Waals surface area contributed by atoms with Gasteiger partial charge in [-0.2, -0.15) is 0 Å². The summed E-state index contributed by atoms with van der Waals surface area (Å²) >= 11 is 12.2. The molecule has 0 aromatic heterocycles. The third-order valence-electron chi connectivity index (χ3n) is 3.40. The fraction of sp³-hybridized carbons (Fsp3) is 0.538. The van der Waals surface area contributed by atoms with Crippen LogP contribution in [0, 0.1) is 0 Å². The van der Waals surface area contributed by atoms with E-state index in [0.717, 1.165) is 18.4 Å². The van der Waals surface area contributed by atoms with E-state index in [9.17, 15) is 0 Å². The zero-order valence-corrected chi connectivity index (χ0v) is 11.8. The molecule has 3 atom stereocenters. The number of nitrogens with two attached hydrogens (primary N) is 1. The highest BCUT2D eigenvalue weighted by Crippen LogP contribution is 2.29. The van der Waals surface area contributed by atoms with E-state index in [2.05, 4.69) is 12.3 Å². The predicted molar refractivity (Wildman–Crippen MR) is 74.8 cm³/mol. The van der Waals surface area contributed by atoms with Gasteiger partial charge in [0.2, 0.25) is 0 Å². The number of hydrogen-bond acceptors (Lipinski definition) is 3. The Hall–Kier alpha value is -0.320. The first kappa shape index (κ1) is 14.1. The minimum Gasteiger partial charge on any atom is -0.374 e. The summed E-state index contributed by atoms with van der Waals surface area (Å²) in [5, 5.41) is 1.18. The minimum atomic E-state index is 0.0610. The lowest BCUT2D eigenvalue weighted by Gasteiger charge is -2.23. The second-order valence-electron chi connectivity index (χ2n) is 4.75. The molecule has 3 nitrogen and oxygen atoms in total. The third kappa shape index (κ3) is 3.16. The van der Waals surface area contributed by atoms with Crippen molar-refractivity contribution in [1.82, 2.24) is 5.43 Å². The third-order valence-corrected chi connectivity index (χ3v) is 4.26. The van der Waals surface area contributed by atoms with Crippen LogP contribution in [0.2, 0.25) is 10.0 Å². The van der Waals surface area contributed by atoms with Crippen LogP contribution in [-0.4, -0.2) is 18.2 Å². The van der Waals surface area contributed by atoms with Gasteiger partial charge in [-0.15, -0.1) is 0 Å². The molecule has 1 fully saturated rings. The van der Waals surface area contributed by atoms with E-state index < -0.39 is 0 Å². The molecule has 0 radical (unpaired) electrons. The summed E-state index contributed by atoms with van der Waals surface area (Å²) in [5.41, 5.74) is 3.83. The zero-order chi connectivity index (χ0) is 13.1. The summed E-state index contributed by atoms with van der Waals surface area (Å²) in [7, 11) is 0. The number of benzene rings is 1. The summed E-state index contributed by atoms with van der Waals surface area (Å²) in [6.45, 7) is 2.08. The molecule has 1 aromatic carbocycles. The fourth-order valence-corrected chi connectivity index (χ4v) is 2.77. The van der Waals surface area contributed by atoms with Crippen molar-refractivity contribution < 1.29 is 4.74 Å². The number of hydrazine groups is 1. The van der Waals surface area contributed by atoms with Crippen molar-refractivity contribution >= 4 is 23.2 Å². The molecule has 3 unspecified atom stereocenters. The van der Waals surface area contributed by atoms with Crippen molar-refractivity contribution in [1.29, 1.82) is 0 Å². The maximum absolute atomic E-state index is 6.19. The Balaban J connectivity index is 2.08. The van der Waals surface area contributed by atoms with Crippen LogP contribution in [-0.2, 0) is 11.2 Å².